The molecule has 1 saturated heterocycles. The van der Waals surface area contributed by atoms with Crippen molar-refractivity contribution in [3.63, 3.8) is 0 Å². The normalized spacial score (nSPS) is 20.0. The van der Waals surface area contributed by atoms with E-state index in [9.17, 15) is 0 Å². The highest BCUT2D eigenvalue weighted by Gasteiger charge is 2.25. The largest absolute Gasteiger partial charge is 0.302 e. The van der Waals surface area contributed by atoms with Crippen LogP contribution in [0.2, 0.25) is 0 Å². The van der Waals surface area contributed by atoms with Crippen molar-refractivity contribution >= 4 is 0 Å². The Morgan fingerprint density at radius 2 is 1.86 bits per heavy atom. The van der Waals surface area contributed by atoms with E-state index in [1.807, 2.05) is 0 Å². The van der Waals surface area contributed by atoms with Crippen molar-refractivity contribution in [3.8, 4) is 0 Å². The molecule has 1 aromatic rings. The van der Waals surface area contributed by atoms with Crippen molar-refractivity contribution < 1.29 is 0 Å². The molecule has 4 heteroatoms. The van der Waals surface area contributed by atoms with Crippen LogP contribution >= 0.6 is 0 Å². The van der Waals surface area contributed by atoms with Crippen molar-refractivity contribution in [1.29, 1.82) is 0 Å². The lowest BCUT2D eigenvalue weighted by atomic mass is 10.1. The van der Waals surface area contributed by atoms with Gasteiger partial charge in [0.05, 0.1) is 5.69 Å². The number of hydrogen-bond acceptors (Lipinski definition) is 3. The summed E-state index contributed by atoms with van der Waals surface area (Å²) >= 11 is 0. The minimum Gasteiger partial charge on any atom is -0.302 e. The van der Waals surface area contributed by atoms with Crippen LogP contribution in [-0.4, -0.2) is 52.3 Å². The van der Waals surface area contributed by atoms with Gasteiger partial charge < -0.3 is 9.80 Å². The predicted octanol–water partition coefficient (Wildman–Crippen LogP) is 3.24. The maximum absolute atomic E-state index is 4.71. The van der Waals surface area contributed by atoms with E-state index in [-0.39, 0.29) is 0 Å². The van der Waals surface area contributed by atoms with Crippen LogP contribution in [-0.2, 0) is 6.54 Å². The summed E-state index contributed by atoms with van der Waals surface area (Å²) in [6.45, 7) is 18.1. The van der Waals surface area contributed by atoms with E-state index in [4.69, 9.17) is 5.10 Å². The SMILES string of the molecule is Cc1nn(C(C)C)c(C)c1CN(C)CC1CCN(C(C)C)C1. The molecule has 4 nitrogen and oxygen atoms in total. The highest BCUT2D eigenvalue weighted by atomic mass is 15.3. The van der Waals surface area contributed by atoms with E-state index in [0.29, 0.717) is 12.1 Å². The fourth-order valence-electron chi connectivity index (χ4n) is 3.68. The Morgan fingerprint density at radius 3 is 2.36 bits per heavy atom. The van der Waals surface area contributed by atoms with E-state index < -0.39 is 0 Å². The van der Waals surface area contributed by atoms with Gasteiger partial charge in [0.1, 0.15) is 0 Å². The molecule has 0 spiro atoms. The first kappa shape index (κ1) is 17.5. The molecule has 1 aromatic heterocycles. The third kappa shape index (κ3) is 3.90. The van der Waals surface area contributed by atoms with Gasteiger partial charge in [-0.25, -0.2) is 0 Å². The van der Waals surface area contributed by atoms with Gasteiger partial charge in [0.25, 0.3) is 0 Å². The first-order valence-corrected chi connectivity index (χ1v) is 8.76. The van der Waals surface area contributed by atoms with Crippen LogP contribution in [0.25, 0.3) is 0 Å². The van der Waals surface area contributed by atoms with Crippen LogP contribution in [0.4, 0.5) is 0 Å². The summed E-state index contributed by atoms with van der Waals surface area (Å²) in [5.74, 6) is 0.813. The van der Waals surface area contributed by atoms with Gasteiger partial charge in [-0.2, -0.15) is 5.10 Å². The van der Waals surface area contributed by atoms with Crippen LogP contribution in [0.5, 0.6) is 0 Å². The van der Waals surface area contributed by atoms with Crippen molar-refractivity contribution in [3.05, 3.63) is 17.0 Å². The highest BCUT2D eigenvalue weighted by Crippen LogP contribution is 2.22. The van der Waals surface area contributed by atoms with Crippen molar-refractivity contribution in [2.75, 3.05) is 26.7 Å². The molecule has 1 unspecified atom stereocenters. The summed E-state index contributed by atoms with van der Waals surface area (Å²) in [5.41, 5.74) is 3.93. The second-order valence-corrected chi connectivity index (χ2v) is 7.63. The molecule has 0 radical (unpaired) electrons. The zero-order chi connectivity index (χ0) is 16.4. The number of aromatic nitrogens is 2. The fraction of sp³-hybridized carbons (Fsp3) is 0.833. The van der Waals surface area contributed by atoms with E-state index in [2.05, 4.69) is 63.1 Å². The van der Waals surface area contributed by atoms with Gasteiger partial charge in [-0.15, -0.1) is 0 Å². The Balaban J connectivity index is 1.94. The molecule has 1 aliphatic rings. The molecule has 0 N–H and O–H groups in total. The average Bonchev–Trinajstić information content (AvgIpc) is 2.98. The summed E-state index contributed by atoms with van der Waals surface area (Å²) in [6, 6.07) is 1.12. The van der Waals surface area contributed by atoms with E-state index >= 15 is 0 Å². The van der Waals surface area contributed by atoms with Gasteiger partial charge in [0.15, 0.2) is 0 Å². The van der Waals surface area contributed by atoms with Gasteiger partial charge in [-0.1, -0.05) is 0 Å². The molecule has 0 saturated carbocycles. The zero-order valence-electron chi connectivity index (χ0n) is 15.6. The smallest absolute Gasteiger partial charge is 0.0641 e. The van der Waals surface area contributed by atoms with Crippen LogP contribution in [0.15, 0.2) is 0 Å². The second kappa shape index (κ2) is 7.14. The molecule has 2 rings (SSSR count). The highest BCUT2D eigenvalue weighted by molar-refractivity contribution is 5.24. The quantitative estimate of drug-likeness (QED) is 0.806. The number of rotatable bonds is 6. The Kier molecular flexibility index (Phi) is 5.67. The lowest BCUT2D eigenvalue weighted by Crippen LogP contribution is -2.31. The van der Waals surface area contributed by atoms with Crippen LogP contribution in [0, 0.1) is 19.8 Å². The fourth-order valence-corrected chi connectivity index (χ4v) is 3.68. The number of likely N-dealkylation sites (tertiary alicyclic amines) is 1. The Bertz CT molecular complexity index is 490. The minimum absolute atomic E-state index is 0.437. The third-order valence-corrected chi connectivity index (χ3v) is 5.01. The number of hydrogen-bond donors (Lipinski definition) is 0. The minimum atomic E-state index is 0.437. The summed E-state index contributed by atoms with van der Waals surface area (Å²) in [7, 11) is 2.25. The van der Waals surface area contributed by atoms with Gasteiger partial charge in [0.2, 0.25) is 0 Å². The maximum Gasteiger partial charge on any atom is 0.0641 e. The molecular formula is C18H34N4. The molecule has 22 heavy (non-hydrogen) atoms. The Morgan fingerprint density at radius 1 is 1.18 bits per heavy atom. The molecule has 1 aliphatic heterocycles. The number of nitrogens with zero attached hydrogens (tertiary/aromatic N) is 4. The lowest BCUT2D eigenvalue weighted by Gasteiger charge is -2.23. The van der Waals surface area contributed by atoms with Gasteiger partial charge in [0, 0.05) is 43.0 Å². The summed E-state index contributed by atoms with van der Waals surface area (Å²) < 4.78 is 2.16. The molecular weight excluding hydrogens is 272 g/mol. The average molecular weight is 306 g/mol. The second-order valence-electron chi connectivity index (χ2n) is 7.63. The molecule has 0 bridgehead atoms. The van der Waals surface area contributed by atoms with Crippen molar-refractivity contribution in [1.82, 2.24) is 19.6 Å². The Hall–Kier alpha value is -0.870. The van der Waals surface area contributed by atoms with Gasteiger partial charge in [-0.3, -0.25) is 4.68 Å². The molecule has 1 atom stereocenters. The standard InChI is InChI=1S/C18H34N4/c1-13(2)21-9-8-17(11-21)10-20(7)12-18-15(5)19-22(14(3)4)16(18)6/h13-14,17H,8-12H2,1-7H3. The summed E-state index contributed by atoms with van der Waals surface area (Å²) in [6.07, 6.45) is 1.34. The van der Waals surface area contributed by atoms with Gasteiger partial charge >= 0.3 is 0 Å². The van der Waals surface area contributed by atoms with E-state index in [1.54, 1.807) is 0 Å². The third-order valence-electron chi connectivity index (χ3n) is 5.01. The van der Waals surface area contributed by atoms with Crippen molar-refractivity contribution in [2.45, 2.75) is 66.6 Å². The molecule has 0 aromatic carbocycles. The van der Waals surface area contributed by atoms with Gasteiger partial charge in [-0.05, 0) is 67.5 Å². The van der Waals surface area contributed by atoms with E-state index in [1.165, 1.54) is 43.0 Å². The van der Waals surface area contributed by atoms with Crippen LogP contribution in [0.1, 0.15) is 57.1 Å². The zero-order valence-corrected chi connectivity index (χ0v) is 15.6. The summed E-state index contributed by atoms with van der Waals surface area (Å²) in [4.78, 5) is 5.09. The maximum atomic E-state index is 4.71. The van der Waals surface area contributed by atoms with Crippen LogP contribution in [0.3, 0.4) is 0 Å². The molecule has 0 amide bonds. The topological polar surface area (TPSA) is 24.3 Å². The van der Waals surface area contributed by atoms with E-state index in [0.717, 1.165) is 12.5 Å². The molecule has 2 heterocycles. The van der Waals surface area contributed by atoms with Crippen molar-refractivity contribution in [2.24, 2.45) is 5.92 Å². The molecule has 0 aliphatic carbocycles. The number of aryl methyl sites for hydroxylation is 1. The van der Waals surface area contributed by atoms with Crippen LogP contribution < -0.4 is 0 Å². The first-order valence-electron chi connectivity index (χ1n) is 8.76. The molecule has 1 fully saturated rings. The lowest BCUT2D eigenvalue weighted by molar-refractivity contribution is 0.235. The predicted molar refractivity (Wildman–Crippen MR) is 93.2 cm³/mol. The Labute approximate surface area is 136 Å². The summed E-state index contributed by atoms with van der Waals surface area (Å²) in [5, 5.41) is 4.71. The molecule has 126 valence electrons. The first-order chi connectivity index (χ1) is 10.3. The monoisotopic (exact) mass is 306 g/mol.